The van der Waals surface area contributed by atoms with E-state index in [1.54, 1.807) is 6.07 Å². The summed E-state index contributed by atoms with van der Waals surface area (Å²) in [6.07, 6.45) is 0. The van der Waals surface area contributed by atoms with Gasteiger partial charge >= 0.3 is 5.97 Å². The average molecular weight is 204 g/mol. The van der Waals surface area contributed by atoms with Gasteiger partial charge in [0.2, 0.25) is 0 Å². The number of ether oxygens (including phenoxy) is 1. The highest BCUT2D eigenvalue weighted by Gasteiger charge is 2.12. The summed E-state index contributed by atoms with van der Waals surface area (Å²) in [6.45, 7) is 9.48. The highest BCUT2D eigenvalue weighted by atomic mass is 16.5. The molecule has 0 amide bonds. The van der Waals surface area contributed by atoms with Gasteiger partial charge in [-0.05, 0) is 30.5 Å². The van der Waals surface area contributed by atoms with Gasteiger partial charge in [0.05, 0.1) is 0 Å². The number of benzene rings is 1. The Labute approximate surface area is 90.6 Å². The molecule has 0 aromatic heterocycles. The number of esters is 1. The molecule has 0 unspecified atom stereocenters. The van der Waals surface area contributed by atoms with E-state index in [0.29, 0.717) is 11.3 Å². The van der Waals surface area contributed by atoms with Crippen molar-refractivity contribution >= 4 is 5.97 Å². The molecular formula is C13H16O2. The molecule has 0 fully saturated rings. The van der Waals surface area contributed by atoms with Gasteiger partial charge in [-0.15, -0.1) is 0 Å². The molecule has 0 heterocycles. The van der Waals surface area contributed by atoms with Gasteiger partial charge in [0, 0.05) is 5.57 Å². The number of carbonyl (C=O) groups excluding carboxylic acids is 1. The molecule has 0 spiro atoms. The molecule has 2 nitrogen and oxygen atoms in total. The third kappa shape index (κ3) is 3.24. The van der Waals surface area contributed by atoms with Crippen LogP contribution in [0.15, 0.2) is 36.4 Å². The molecule has 0 saturated heterocycles. The van der Waals surface area contributed by atoms with Gasteiger partial charge < -0.3 is 4.74 Å². The van der Waals surface area contributed by atoms with Crippen molar-refractivity contribution in [1.29, 1.82) is 0 Å². The van der Waals surface area contributed by atoms with Crippen LogP contribution >= 0.6 is 0 Å². The summed E-state index contributed by atoms with van der Waals surface area (Å²) >= 11 is 0. The summed E-state index contributed by atoms with van der Waals surface area (Å²) in [5.74, 6) is 0.333. The van der Waals surface area contributed by atoms with E-state index in [4.69, 9.17) is 4.74 Å². The van der Waals surface area contributed by atoms with Crippen LogP contribution in [0.1, 0.15) is 19.4 Å². The maximum Gasteiger partial charge on any atom is 0.339 e. The molecule has 1 rings (SSSR count). The van der Waals surface area contributed by atoms with Crippen LogP contribution in [0.2, 0.25) is 0 Å². The van der Waals surface area contributed by atoms with E-state index in [0.717, 1.165) is 5.56 Å². The number of rotatable bonds is 3. The molecule has 0 N–H and O–H groups in total. The zero-order valence-electron chi connectivity index (χ0n) is 9.41. The zero-order valence-corrected chi connectivity index (χ0v) is 9.41. The fraction of sp³-hybridized carbons (Fsp3) is 0.308. The summed E-state index contributed by atoms with van der Waals surface area (Å²) in [5.41, 5.74) is 1.56. The Morgan fingerprint density at radius 1 is 1.40 bits per heavy atom. The van der Waals surface area contributed by atoms with E-state index in [2.05, 4.69) is 6.58 Å². The molecule has 0 aliphatic heterocycles. The first kappa shape index (κ1) is 11.5. The second-order valence-electron chi connectivity index (χ2n) is 3.89. The predicted molar refractivity (Wildman–Crippen MR) is 60.8 cm³/mol. The van der Waals surface area contributed by atoms with E-state index in [1.165, 1.54) is 0 Å². The Kier molecular flexibility index (Phi) is 3.67. The lowest BCUT2D eigenvalue weighted by atomic mass is 10.1. The first-order valence-electron chi connectivity index (χ1n) is 4.98. The SMILES string of the molecule is C=C(C(=O)Oc1cccc(C)c1)C(C)C. The quantitative estimate of drug-likeness (QED) is 0.429. The van der Waals surface area contributed by atoms with Crippen LogP contribution in [0.3, 0.4) is 0 Å². The fourth-order valence-electron chi connectivity index (χ4n) is 1.09. The highest BCUT2D eigenvalue weighted by molar-refractivity contribution is 5.89. The van der Waals surface area contributed by atoms with Crippen molar-refractivity contribution in [2.45, 2.75) is 20.8 Å². The second-order valence-corrected chi connectivity index (χ2v) is 3.89. The Morgan fingerprint density at radius 2 is 2.07 bits per heavy atom. The van der Waals surface area contributed by atoms with E-state index in [1.807, 2.05) is 39.0 Å². The monoisotopic (exact) mass is 204 g/mol. The number of hydrogen-bond acceptors (Lipinski definition) is 2. The minimum Gasteiger partial charge on any atom is -0.423 e. The van der Waals surface area contributed by atoms with Gasteiger partial charge in [-0.25, -0.2) is 4.79 Å². The number of aryl methyl sites for hydroxylation is 1. The summed E-state index contributed by atoms with van der Waals surface area (Å²) in [4.78, 5) is 11.5. The van der Waals surface area contributed by atoms with E-state index in [-0.39, 0.29) is 11.9 Å². The van der Waals surface area contributed by atoms with E-state index >= 15 is 0 Å². The maximum absolute atomic E-state index is 11.5. The molecule has 1 aromatic rings. The first-order chi connectivity index (χ1) is 7.00. The van der Waals surface area contributed by atoms with Crippen LogP contribution in [0.25, 0.3) is 0 Å². The molecule has 0 atom stereocenters. The lowest BCUT2D eigenvalue weighted by molar-refractivity contribution is -0.130. The third-order valence-electron chi connectivity index (χ3n) is 2.16. The minimum absolute atomic E-state index is 0.113. The van der Waals surface area contributed by atoms with Crippen molar-refractivity contribution in [1.82, 2.24) is 0 Å². The summed E-state index contributed by atoms with van der Waals surface area (Å²) in [7, 11) is 0. The van der Waals surface area contributed by atoms with Crippen molar-refractivity contribution in [2.24, 2.45) is 5.92 Å². The fourth-order valence-corrected chi connectivity index (χ4v) is 1.09. The minimum atomic E-state index is -0.351. The maximum atomic E-state index is 11.5. The van der Waals surface area contributed by atoms with Gasteiger partial charge in [0.25, 0.3) is 0 Å². The van der Waals surface area contributed by atoms with Gasteiger partial charge in [0.1, 0.15) is 5.75 Å². The molecule has 0 radical (unpaired) electrons. The first-order valence-corrected chi connectivity index (χ1v) is 4.98. The zero-order chi connectivity index (χ0) is 11.4. The van der Waals surface area contributed by atoms with Crippen LogP contribution in [0, 0.1) is 12.8 Å². The molecule has 0 saturated carbocycles. The Bertz CT molecular complexity index is 378. The smallest absolute Gasteiger partial charge is 0.339 e. The van der Waals surface area contributed by atoms with Gasteiger partial charge in [0.15, 0.2) is 0 Å². The predicted octanol–water partition coefficient (Wildman–Crippen LogP) is 3.11. The summed E-state index contributed by atoms with van der Waals surface area (Å²) in [6, 6.07) is 7.40. The molecule has 0 aliphatic carbocycles. The van der Waals surface area contributed by atoms with Crippen molar-refractivity contribution in [3.63, 3.8) is 0 Å². The number of carbonyl (C=O) groups is 1. The molecule has 0 aliphatic rings. The van der Waals surface area contributed by atoms with Crippen LogP contribution < -0.4 is 4.74 Å². The molecular weight excluding hydrogens is 188 g/mol. The van der Waals surface area contributed by atoms with Gasteiger partial charge in [-0.2, -0.15) is 0 Å². The van der Waals surface area contributed by atoms with Crippen LogP contribution in [0.4, 0.5) is 0 Å². The van der Waals surface area contributed by atoms with Crippen molar-refractivity contribution < 1.29 is 9.53 Å². The van der Waals surface area contributed by atoms with Crippen molar-refractivity contribution in [2.75, 3.05) is 0 Å². The Morgan fingerprint density at radius 3 is 2.60 bits per heavy atom. The second kappa shape index (κ2) is 4.78. The van der Waals surface area contributed by atoms with Gasteiger partial charge in [-0.1, -0.05) is 32.6 Å². The molecule has 2 heteroatoms. The normalized spacial score (nSPS) is 10.1. The highest BCUT2D eigenvalue weighted by Crippen LogP contribution is 2.16. The van der Waals surface area contributed by atoms with Crippen molar-refractivity contribution in [3.8, 4) is 5.75 Å². The van der Waals surface area contributed by atoms with E-state index in [9.17, 15) is 4.79 Å². The summed E-state index contributed by atoms with van der Waals surface area (Å²) in [5, 5.41) is 0. The molecule has 80 valence electrons. The largest absolute Gasteiger partial charge is 0.423 e. The third-order valence-corrected chi connectivity index (χ3v) is 2.16. The Balaban J connectivity index is 2.71. The van der Waals surface area contributed by atoms with Crippen LogP contribution in [-0.2, 0) is 4.79 Å². The molecule has 1 aromatic carbocycles. The van der Waals surface area contributed by atoms with Gasteiger partial charge in [-0.3, -0.25) is 0 Å². The Hall–Kier alpha value is -1.57. The van der Waals surface area contributed by atoms with E-state index < -0.39 is 0 Å². The number of hydrogen-bond donors (Lipinski definition) is 0. The summed E-state index contributed by atoms with van der Waals surface area (Å²) < 4.78 is 5.18. The lowest BCUT2D eigenvalue weighted by Gasteiger charge is -2.09. The lowest BCUT2D eigenvalue weighted by Crippen LogP contribution is -2.14. The van der Waals surface area contributed by atoms with Crippen LogP contribution in [0.5, 0.6) is 5.75 Å². The van der Waals surface area contributed by atoms with Crippen molar-refractivity contribution in [3.05, 3.63) is 42.0 Å². The van der Waals surface area contributed by atoms with Crippen LogP contribution in [-0.4, -0.2) is 5.97 Å². The molecule has 0 bridgehead atoms. The molecule has 15 heavy (non-hydrogen) atoms. The average Bonchev–Trinajstić information content (AvgIpc) is 2.16. The standard InChI is InChI=1S/C13H16O2/c1-9(2)11(4)13(14)15-12-7-5-6-10(3)8-12/h5-9H,4H2,1-3H3. The topological polar surface area (TPSA) is 26.3 Å².